The third kappa shape index (κ3) is 3.15. The van der Waals surface area contributed by atoms with E-state index in [9.17, 15) is 0 Å². The van der Waals surface area contributed by atoms with Crippen LogP contribution in [-0.4, -0.2) is 12.3 Å². The lowest BCUT2D eigenvalue weighted by Crippen LogP contribution is -2.05. The zero-order chi connectivity index (χ0) is 9.68. The zero-order valence-electron chi connectivity index (χ0n) is 7.90. The molecule has 0 aromatic heterocycles. The highest BCUT2D eigenvalue weighted by molar-refractivity contribution is 5.79. The molecule has 0 amide bonds. The highest BCUT2D eigenvalue weighted by Gasteiger charge is 1.96. The van der Waals surface area contributed by atoms with Gasteiger partial charge >= 0.3 is 0 Å². The predicted octanol–water partition coefficient (Wildman–Crippen LogP) is 1.77. The highest BCUT2D eigenvalue weighted by Crippen LogP contribution is 2.12. The summed E-state index contributed by atoms with van der Waals surface area (Å²) >= 11 is 0. The van der Waals surface area contributed by atoms with Gasteiger partial charge in [-0.05, 0) is 43.7 Å². The van der Waals surface area contributed by atoms with E-state index in [0.29, 0.717) is 0 Å². The lowest BCUT2D eigenvalue weighted by Gasteiger charge is -2.08. The fourth-order valence-electron chi connectivity index (χ4n) is 0.991. The second kappa shape index (κ2) is 4.50. The maximum atomic E-state index is 5.47. The Labute approximate surface area is 78.2 Å². The molecule has 0 fully saturated rings. The van der Waals surface area contributed by atoms with Gasteiger partial charge in [-0.2, -0.15) is 5.10 Å². The Morgan fingerprint density at radius 3 is 2.38 bits per heavy atom. The van der Waals surface area contributed by atoms with Crippen LogP contribution >= 0.6 is 0 Å². The fraction of sp³-hybridized carbons (Fsp3) is 0.300. The molecule has 0 heterocycles. The van der Waals surface area contributed by atoms with E-state index in [1.54, 1.807) is 6.21 Å². The Morgan fingerprint density at radius 2 is 1.92 bits per heavy atom. The normalized spacial score (nSPS) is 11.0. The van der Waals surface area contributed by atoms with Gasteiger partial charge in [-0.15, -0.1) is 0 Å². The van der Waals surface area contributed by atoms with E-state index in [4.69, 9.17) is 10.6 Å². The molecule has 0 saturated carbocycles. The maximum absolute atomic E-state index is 5.47. The van der Waals surface area contributed by atoms with Crippen LogP contribution in [0.2, 0.25) is 0 Å². The van der Waals surface area contributed by atoms with Gasteiger partial charge in [-0.1, -0.05) is 0 Å². The minimum absolute atomic E-state index is 0.203. The Bertz CT molecular complexity index is 277. The first-order valence-corrected chi connectivity index (χ1v) is 4.22. The minimum Gasteiger partial charge on any atom is -0.491 e. The van der Waals surface area contributed by atoms with Gasteiger partial charge in [0.15, 0.2) is 0 Å². The average Bonchev–Trinajstić information content (AvgIpc) is 2.08. The molecule has 0 spiro atoms. The van der Waals surface area contributed by atoms with Crippen LogP contribution in [0.5, 0.6) is 5.75 Å². The van der Waals surface area contributed by atoms with Crippen LogP contribution < -0.4 is 10.6 Å². The Morgan fingerprint density at radius 1 is 1.31 bits per heavy atom. The quantitative estimate of drug-likeness (QED) is 0.435. The number of nitrogens with zero attached hydrogens (tertiary/aromatic N) is 1. The summed E-state index contributed by atoms with van der Waals surface area (Å²) in [6.45, 7) is 3.99. The summed E-state index contributed by atoms with van der Waals surface area (Å²) in [7, 11) is 0. The summed E-state index contributed by atoms with van der Waals surface area (Å²) in [5.74, 6) is 5.88. The molecular weight excluding hydrogens is 164 g/mol. The first kappa shape index (κ1) is 9.58. The molecule has 0 bridgehead atoms. The predicted molar refractivity (Wildman–Crippen MR) is 54.0 cm³/mol. The molecule has 2 N–H and O–H groups in total. The summed E-state index contributed by atoms with van der Waals surface area (Å²) in [4.78, 5) is 0. The van der Waals surface area contributed by atoms with Crippen LogP contribution in [0.25, 0.3) is 0 Å². The van der Waals surface area contributed by atoms with E-state index < -0.39 is 0 Å². The third-order valence-electron chi connectivity index (χ3n) is 1.48. The molecule has 1 aromatic rings. The molecule has 3 nitrogen and oxygen atoms in total. The van der Waals surface area contributed by atoms with E-state index in [-0.39, 0.29) is 6.10 Å². The molecule has 1 rings (SSSR count). The van der Waals surface area contributed by atoms with E-state index in [2.05, 4.69) is 5.10 Å². The largest absolute Gasteiger partial charge is 0.491 e. The van der Waals surface area contributed by atoms with Crippen molar-refractivity contribution in [3.8, 4) is 5.75 Å². The molecular formula is C10H14N2O. The number of hydrazone groups is 1. The van der Waals surface area contributed by atoms with Crippen molar-refractivity contribution in [1.82, 2.24) is 0 Å². The summed E-state index contributed by atoms with van der Waals surface area (Å²) in [6.07, 6.45) is 1.80. The summed E-state index contributed by atoms with van der Waals surface area (Å²) < 4.78 is 5.47. The van der Waals surface area contributed by atoms with Gasteiger partial charge in [-0.3, -0.25) is 0 Å². The molecule has 1 aromatic carbocycles. The van der Waals surface area contributed by atoms with Crippen LogP contribution in [0, 0.1) is 0 Å². The Balaban J connectivity index is 2.69. The number of hydrogen-bond acceptors (Lipinski definition) is 3. The van der Waals surface area contributed by atoms with Crippen molar-refractivity contribution in [1.29, 1.82) is 0 Å². The topological polar surface area (TPSA) is 47.6 Å². The van der Waals surface area contributed by atoms with Gasteiger partial charge in [0.05, 0.1) is 12.3 Å². The number of hydrogen-bond donors (Lipinski definition) is 1. The number of ether oxygens (including phenoxy) is 1. The van der Waals surface area contributed by atoms with Gasteiger partial charge < -0.3 is 10.6 Å². The van der Waals surface area contributed by atoms with Crippen LogP contribution in [0.1, 0.15) is 19.4 Å². The van der Waals surface area contributed by atoms with Crippen LogP contribution in [0.4, 0.5) is 0 Å². The van der Waals surface area contributed by atoms with Gasteiger partial charge in [0.2, 0.25) is 0 Å². The van der Waals surface area contributed by atoms with Gasteiger partial charge in [-0.25, -0.2) is 0 Å². The zero-order valence-corrected chi connectivity index (χ0v) is 7.90. The molecule has 0 saturated heterocycles. The Kier molecular flexibility index (Phi) is 3.31. The van der Waals surface area contributed by atoms with Crippen molar-refractivity contribution >= 4 is 6.21 Å². The van der Waals surface area contributed by atoms with Crippen molar-refractivity contribution in [2.75, 3.05) is 0 Å². The number of benzene rings is 1. The molecule has 70 valence electrons. The maximum Gasteiger partial charge on any atom is 0.119 e. The van der Waals surface area contributed by atoms with E-state index >= 15 is 0 Å². The van der Waals surface area contributed by atoms with Gasteiger partial charge in [0, 0.05) is 0 Å². The Hall–Kier alpha value is -1.51. The molecule has 13 heavy (non-hydrogen) atoms. The highest BCUT2D eigenvalue weighted by atomic mass is 16.5. The van der Waals surface area contributed by atoms with E-state index in [1.807, 2.05) is 38.1 Å². The molecule has 0 radical (unpaired) electrons. The van der Waals surface area contributed by atoms with Crippen molar-refractivity contribution in [2.24, 2.45) is 10.9 Å². The monoisotopic (exact) mass is 178 g/mol. The van der Waals surface area contributed by atoms with Crippen LogP contribution in [0.15, 0.2) is 29.4 Å². The molecule has 3 heteroatoms. The number of nitrogens with two attached hydrogens (primary N) is 1. The van der Waals surface area contributed by atoms with Crippen molar-refractivity contribution in [2.45, 2.75) is 20.0 Å². The second-order valence-electron chi connectivity index (χ2n) is 3.01. The summed E-state index contributed by atoms with van der Waals surface area (Å²) in [5, 5.41) is 3.43. The average molecular weight is 178 g/mol. The standard InChI is InChI=1S/C10H14N2O/c1-8(2)13-10-5-3-9(4-6-10)7-12-11/h3-8H,11H2,1-2H3. The van der Waals surface area contributed by atoms with Gasteiger partial charge in [0.25, 0.3) is 0 Å². The second-order valence-corrected chi connectivity index (χ2v) is 3.01. The molecule has 0 aliphatic rings. The molecule has 0 aliphatic heterocycles. The van der Waals surface area contributed by atoms with E-state index in [1.165, 1.54) is 0 Å². The first-order chi connectivity index (χ1) is 6.22. The summed E-state index contributed by atoms with van der Waals surface area (Å²) in [5.41, 5.74) is 0.971. The van der Waals surface area contributed by atoms with Gasteiger partial charge in [0.1, 0.15) is 5.75 Å². The van der Waals surface area contributed by atoms with Crippen LogP contribution in [-0.2, 0) is 0 Å². The fourth-order valence-corrected chi connectivity index (χ4v) is 0.991. The summed E-state index contributed by atoms with van der Waals surface area (Å²) in [6, 6.07) is 7.62. The molecule has 0 aliphatic carbocycles. The van der Waals surface area contributed by atoms with Crippen molar-refractivity contribution < 1.29 is 4.74 Å². The lowest BCUT2D eigenvalue weighted by atomic mass is 10.2. The van der Waals surface area contributed by atoms with Crippen molar-refractivity contribution in [3.05, 3.63) is 29.8 Å². The van der Waals surface area contributed by atoms with Crippen molar-refractivity contribution in [3.63, 3.8) is 0 Å². The molecule has 0 atom stereocenters. The lowest BCUT2D eigenvalue weighted by molar-refractivity contribution is 0.242. The third-order valence-corrected chi connectivity index (χ3v) is 1.48. The SMILES string of the molecule is CC(C)Oc1ccc(C=NN)cc1. The minimum atomic E-state index is 0.203. The van der Waals surface area contributed by atoms with Crippen LogP contribution in [0.3, 0.4) is 0 Å². The molecule has 0 unspecified atom stereocenters. The smallest absolute Gasteiger partial charge is 0.119 e. The first-order valence-electron chi connectivity index (χ1n) is 4.22. The van der Waals surface area contributed by atoms with E-state index in [0.717, 1.165) is 11.3 Å². The number of rotatable bonds is 3.